The van der Waals surface area contributed by atoms with E-state index >= 15 is 0 Å². The van der Waals surface area contributed by atoms with Crippen LogP contribution in [0, 0.1) is 5.82 Å². The Morgan fingerprint density at radius 3 is 2.61 bits per heavy atom. The molecule has 0 atom stereocenters. The third-order valence-electron chi connectivity index (χ3n) is 5.18. The number of piperidine rings is 1. The van der Waals surface area contributed by atoms with E-state index in [-0.39, 0.29) is 5.82 Å². The summed E-state index contributed by atoms with van der Waals surface area (Å²) in [5.74, 6) is 1.34. The van der Waals surface area contributed by atoms with Crippen molar-refractivity contribution in [2.24, 2.45) is 0 Å². The summed E-state index contributed by atoms with van der Waals surface area (Å²) in [4.78, 5) is 11.6. The Labute approximate surface area is 165 Å². The predicted octanol–water partition coefficient (Wildman–Crippen LogP) is 4.87. The molecule has 1 aliphatic rings. The number of hydrogen-bond donors (Lipinski definition) is 0. The molecule has 1 aliphatic heterocycles. The number of thiazole rings is 1. The van der Waals surface area contributed by atoms with E-state index in [1.54, 1.807) is 12.1 Å². The molecule has 0 N–H and O–H groups in total. The first kappa shape index (κ1) is 17.5. The van der Waals surface area contributed by atoms with E-state index in [2.05, 4.69) is 33.2 Å². The van der Waals surface area contributed by atoms with Crippen LogP contribution in [0.15, 0.2) is 53.1 Å². The van der Waals surface area contributed by atoms with Crippen LogP contribution in [0.2, 0.25) is 0 Å². The van der Waals surface area contributed by atoms with Crippen LogP contribution in [0.25, 0.3) is 21.6 Å². The number of likely N-dealkylation sites (tertiary alicyclic amines) is 1. The molecule has 28 heavy (non-hydrogen) atoms. The second kappa shape index (κ2) is 7.41. The summed E-state index contributed by atoms with van der Waals surface area (Å²) in [7, 11) is 0. The molecule has 1 saturated heterocycles. The third kappa shape index (κ3) is 3.55. The van der Waals surface area contributed by atoms with Crippen molar-refractivity contribution in [1.82, 2.24) is 20.0 Å². The molecule has 0 saturated carbocycles. The molecule has 0 aliphatic carbocycles. The van der Waals surface area contributed by atoms with Crippen molar-refractivity contribution in [2.45, 2.75) is 25.3 Å². The van der Waals surface area contributed by atoms with Crippen LogP contribution < -0.4 is 0 Å². The van der Waals surface area contributed by atoms with E-state index in [1.807, 2.05) is 17.4 Å². The van der Waals surface area contributed by atoms with Crippen LogP contribution in [0.3, 0.4) is 0 Å². The Hall–Kier alpha value is -2.64. The lowest BCUT2D eigenvalue weighted by Crippen LogP contribution is -2.32. The number of rotatable bonds is 4. The number of aromatic nitrogens is 3. The van der Waals surface area contributed by atoms with Gasteiger partial charge in [0.2, 0.25) is 11.7 Å². The molecule has 5 nitrogen and oxygen atoms in total. The highest BCUT2D eigenvalue weighted by Gasteiger charge is 2.24. The van der Waals surface area contributed by atoms with Gasteiger partial charge < -0.3 is 4.52 Å². The molecule has 0 spiro atoms. The smallest absolute Gasteiger partial charge is 0.241 e. The Bertz CT molecular complexity index is 1050. The quantitative estimate of drug-likeness (QED) is 0.494. The minimum atomic E-state index is -0.275. The molecule has 7 heteroatoms. The van der Waals surface area contributed by atoms with Crippen LogP contribution in [-0.2, 0) is 6.54 Å². The molecule has 0 bridgehead atoms. The van der Waals surface area contributed by atoms with E-state index in [0.29, 0.717) is 24.2 Å². The molecule has 2 aromatic heterocycles. The fraction of sp³-hybridized carbons (Fsp3) is 0.286. The lowest BCUT2D eigenvalue weighted by molar-refractivity contribution is 0.181. The topological polar surface area (TPSA) is 55.1 Å². The summed E-state index contributed by atoms with van der Waals surface area (Å²) in [5.41, 5.74) is 1.86. The summed E-state index contributed by atoms with van der Waals surface area (Å²) < 4.78 is 19.7. The van der Waals surface area contributed by atoms with Gasteiger partial charge in [-0.15, -0.1) is 11.3 Å². The number of halogens is 1. The van der Waals surface area contributed by atoms with Crippen LogP contribution in [-0.4, -0.2) is 33.1 Å². The largest absolute Gasteiger partial charge is 0.338 e. The highest BCUT2D eigenvalue weighted by Crippen LogP contribution is 2.34. The molecule has 4 aromatic rings. The summed E-state index contributed by atoms with van der Waals surface area (Å²) in [5, 5.41) is 5.27. The van der Waals surface area contributed by atoms with E-state index in [0.717, 1.165) is 37.0 Å². The molecule has 3 heterocycles. The average molecular weight is 394 g/mol. The highest BCUT2D eigenvalue weighted by molar-refractivity contribution is 7.18. The van der Waals surface area contributed by atoms with Crippen LogP contribution in [0.5, 0.6) is 0 Å². The average Bonchev–Trinajstić information content (AvgIpc) is 3.36. The van der Waals surface area contributed by atoms with Gasteiger partial charge in [0, 0.05) is 11.5 Å². The molecule has 142 valence electrons. The molecular formula is C21H19FN4OS. The van der Waals surface area contributed by atoms with Gasteiger partial charge >= 0.3 is 0 Å². The maximum Gasteiger partial charge on any atom is 0.241 e. The highest BCUT2D eigenvalue weighted by atomic mass is 32.1. The minimum absolute atomic E-state index is 0.275. The van der Waals surface area contributed by atoms with Crippen molar-refractivity contribution in [3.05, 3.63) is 65.2 Å². The van der Waals surface area contributed by atoms with E-state index in [4.69, 9.17) is 9.51 Å². The van der Waals surface area contributed by atoms with Gasteiger partial charge in [-0.25, -0.2) is 9.37 Å². The maximum absolute atomic E-state index is 13.1. The van der Waals surface area contributed by atoms with Crippen LogP contribution in [0.4, 0.5) is 4.39 Å². The molecule has 0 radical (unpaired) electrons. The molecule has 2 aromatic carbocycles. The standard InChI is InChI=1S/C21H19FN4OS/c22-16-7-5-14(6-8-16)20-24-19(27-25-20)13-26-11-9-15(10-12-26)21-23-17-3-1-2-4-18(17)28-21/h1-8,15H,9-13H2. The summed E-state index contributed by atoms with van der Waals surface area (Å²) in [6, 6.07) is 14.5. The molecule has 1 fully saturated rings. The number of benzene rings is 2. The van der Waals surface area contributed by atoms with E-state index in [9.17, 15) is 4.39 Å². The Balaban J connectivity index is 1.21. The number of para-hydroxylation sites is 1. The van der Waals surface area contributed by atoms with Crippen molar-refractivity contribution >= 4 is 21.6 Å². The zero-order valence-electron chi connectivity index (χ0n) is 15.2. The second-order valence-electron chi connectivity index (χ2n) is 7.09. The van der Waals surface area contributed by atoms with E-state index < -0.39 is 0 Å². The first-order chi connectivity index (χ1) is 13.7. The molecule has 0 amide bonds. The summed E-state index contributed by atoms with van der Waals surface area (Å²) in [6.07, 6.45) is 2.16. The van der Waals surface area contributed by atoms with Gasteiger partial charge in [-0.2, -0.15) is 4.98 Å². The second-order valence-corrected chi connectivity index (χ2v) is 8.15. The SMILES string of the molecule is Fc1ccc(-c2noc(CN3CCC(c4nc5ccccc5s4)CC3)n2)cc1. The van der Waals surface area contributed by atoms with Gasteiger partial charge in [0.1, 0.15) is 5.82 Å². The Morgan fingerprint density at radius 2 is 1.82 bits per heavy atom. The fourth-order valence-electron chi connectivity index (χ4n) is 3.63. The zero-order valence-corrected chi connectivity index (χ0v) is 16.0. The van der Waals surface area contributed by atoms with Crippen molar-refractivity contribution in [3.63, 3.8) is 0 Å². The third-order valence-corrected chi connectivity index (χ3v) is 6.38. The lowest BCUT2D eigenvalue weighted by atomic mass is 9.97. The first-order valence-electron chi connectivity index (χ1n) is 9.41. The monoisotopic (exact) mass is 394 g/mol. The lowest BCUT2D eigenvalue weighted by Gasteiger charge is -2.29. The van der Waals surface area contributed by atoms with Gasteiger partial charge in [0.25, 0.3) is 0 Å². The van der Waals surface area contributed by atoms with Crippen molar-refractivity contribution in [3.8, 4) is 11.4 Å². The number of hydrogen-bond acceptors (Lipinski definition) is 6. The molecule has 0 unspecified atom stereocenters. The first-order valence-corrected chi connectivity index (χ1v) is 10.2. The van der Waals surface area contributed by atoms with Gasteiger partial charge in [0.15, 0.2) is 0 Å². The Morgan fingerprint density at radius 1 is 1.04 bits per heavy atom. The van der Waals surface area contributed by atoms with Crippen molar-refractivity contribution in [2.75, 3.05) is 13.1 Å². The van der Waals surface area contributed by atoms with Crippen molar-refractivity contribution < 1.29 is 8.91 Å². The van der Waals surface area contributed by atoms with Gasteiger partial charge in [-0.05, 0) is 62.3 Å². The van der Waals surface area contributed by atoms with Gasteiger partial charge in [-0.3, -0.25) is 4.90 Å². The van der Waals surface area contributed by atoms with Gasteiger partial charge in [-0.1, -0.05) is 17.3 Å². The predicted molar refractivity (Wildman–Crippen MR) is 107 cm³/mol. The summed E-state index contributed by atoms with van der Waals surface area (Å²) in [6.45, 7) is 2.60. The summed E-state index contributed by atoms with van der Waals surface area (Å²) >= 11 is 1.81. The normalized spacial score (nSPS) is 16.0. The van der Waals surface area contributed by atoms with E-state index in [1.165, 1.54) is 21.8 Å². The van der Waals surface area contributed by atoms with Crippen molar-refractivity contribution in [1.29, 1.82) is 0 Å². The number of fused-ring (bicyclic) bond motifs is 1. The minimum Gasteiger partial charge on any atom is -0.338 e. The van der Waals surface area contributed by atoms with Gasteiger partial charge in [0.05, 0.1) is 21.8 Å². The maximum atomic E-state index is 13.1. The molecular weight excluding hydrogens is 375 g/mol. The molecule has 5 rings (SSSR count). The van der Waals surface area contributed by atoms with Crippen LogP contribution in [0.1, 0.15) is 29.7 Å². The zero-order chi connectivity index (χ0) is 18.9. The van der Waals surface area contributed by atoms with Crippen LogP contribution >= 0.6 is 11.3 Å². The number of nitrogens with zero attached hydrogens (tertiary/aromatic N) is 4. The fourth-order valence-corrected chi connectivity index (χ4v) is 4.77. The Kier molecular flexibility index (Phi) is 4.62.